The number of nitrogens with zero attached hydrogens (tertiary/aromatic N) is 2. The molecule has 264 valence electrons. The molecule has 4 aromatic carbocycles. The lowest BCUT2D eigenvalue weighted by Gasteiger charge is -2.50. The summed E-state index contributed by atoms with van der Waals surface area (Å²) in [7, 11) is 0. The molecular weight excluding hydrogens is 753 g/mol. The molecular formula is C40H32BrClFN3O6. The first kappa shape index (κ1) is 34.1. The van der Waals surface area contributed by atoms with Gasteiger partial charge < -0.3 is 9.84 Å². The number of hydrazine groups is 1. The number of imide groups is 2. The molecule has 4 aromatic rings. The minimum absolute atomic E-state index is 0.0946. The number of halogens is 3. The van der Waals surface area contributed by atoms with Crippen LogP contribution in [0.25, 0.3) is 0 Å². The summed E-state index contributed by atoms with van der Waals surface area (Å²) < 4.78 is 20.5. The number of carbonyl (C=O) groups excluding carboxylic acids is 4. The molecule has 2 aliphatic carbocycles. The Morgan fingerprint density at radius 1 is 0.923 bits per heavy atom. The number of nitrogens with one attached hydrogen (secondary N) is 1. The van der Waals surface area contributed by atoms with Gasteiger partial charge in [-0.05, 0) is 110 Å². The average Bonchev–Trinajstić information content (AvgIpc) is 3.51. The lowest BCUT2D eigenvalue weighted by atomic mass is 9.49. The van der Waals surface area contributed by atoms with Gasteiger partial charge in [0.1, 0.15) is 5.82 Å². The summed E-state index contributed by atoms with van der Waals surface area (Å²) in [5.41, 5.74) is 4.04. The SMILES string of the molecule is CCOc1cc([C@H]2C3=CC[C@@H]4C(=O)N(c5ccc(Br)cc5)C(=O)[C@@H]4[C@@H]3C[C@H]3C(=O)N(Nc4ccc(F)cc4)C(=O)[C@@]23c2ccc(Cl)cc2)ccc1O. The van der Waals surface area contributed by atoms with E-state index >= 15 is 4.79 Å². The molecule has 12 heteroatoms. The van der Waals surface area contributed by atoms with Gasteiger partial charge in [-0.1, -0.05) is 57.4 Å². The summed E-state index contributed by atoms with van der Waals surface area (Å²) in [6, 6.07) is 24.0. The molecule has 2 heterocycles. The summed E-state index contributed by atoms with van der Waals surface area (Å²) in [5.74, 6) is -5.98. The Balaban J connectivity index is 1.33. The summed E-state index contributed by atoms with van der Waals surface area (Å²) >= 11 is 9.79. The maximum absolute atomic E-state index is 15.3. The standard InChI is InChI=1S/C40H32BrClFN3O6/c1-2-52-33-19-21(3-18-32(33)47)35-28-16-17-29-34(38(50)45(36(29)48)27-14-6-23(41)7-15-27)30(28)20-31-37(49)46(44-26-12-10-25(43)11-13-26)39(51)40(31,35)22-4-8-24(42)9-5-22/h3-16,18-19,29-31,34-35,44,47H,2,17,20H2,1H3/t29-,30+,31-,34-,35-,40+/m0/s1. The fraction of sp³-hybridized carbons (Fsp3) is 0.250. The van der Waals surface area contributed by atoms with Crippen molar-refractivity contribution in [3.05, 3.63) is 129 Å². The van der Waals surface area contributed by atoms with Gasteiger partial charge in [0.15, 0.2) is 11.5 Å². The van der Waals surface area contributed by atoms with Crippen molar-refractivity contribution in [2.75, 3.05) is 16.9 Å². The molecule has 8 rings (SSSR count). The van der Waals surface area contributed by atoms with Crippen molar-refractivity contribution in [2.45, 2.75) is 31.1 Å². The van der Waals surface area contributed by atoms with E-state index in [1.807, 2.05) is 6.08 Å². The van der Waals surface area contributed by atoms with Gasteiger partial charge in [-0.15, -0.1) is 0 Å². The molecule has 0 aromatic heterocycles. The minimum atomic E-state index is -1.55. The van der Waals surface area contributed by atoms with Crippen LogP contribution in [0.1, 0.15) is 36.8 Å². The third-order valence-electron chi connectivity index (χ3n) is 11.0. The quantitative estimate of drug-likeness (QED) is 0.147. The van der Waals surface area contributed by atoms with E-state index in [9.17, 15) is 23.9 Å². The molecule has 2 N–H and O–H groups in total. The second-order valence-electron chi connectivity index (χ2n) is 13.5. The number of amides is 4. The molecule has 0 spiro atoms. The maximum Gasteiger partial charge on any atom is 0.260 e. The molecule has 1 saturated carbocycles. The lowest BCUT2D eigenvalue weighted by molar-refractivity contribution is -0.138. The number of carbonyl (C=O) groups is 4. The summed E-state index contributed by atoms with van der Waals surface area (Å²) in [6.45, 7) is 2.05. The zero-order chi connectivity index (χ0) is 36.5. The maximum atomic E-state index is 15.3. The Kier molecular flexibility index (Phi) is 8.46. The topological polar surface area (TPSA) is 116 Å². The van der Waals surface area contributed by atoms with E-state index < -0.39 is 52.6 Å². The van der Waals surface area contributed by atoms with E-state index in [-0.39, 0.29) is 42.8 Å². The minimum Gasteiger partial charge on any atom is -0.504 e. The van der Waals surface area contributed by atoms with Crippen LogP contribution in [-0.2, 0) is 24.6 Å². The highest BCUT2D eigenvalue weighted by atomic mass is 79.9. The summed E-state index contributed by atoms with van der Waals surface area (Å²) in [4.78, 5) is 59.8. The highest BCUT2D eigenvalue weighted by Gasteiger charge is 2.70. The van der Waals surface area contributed by atoms with Gasteiger partial charge in [0.2, 0.25) is 11.8 Å². The van der Waals surface area contributed by atoms with Crippen molar-refractivity contribution < 1.29 is 33.4 Å². The van der Waals surface area contributed by atoms with Crippen LogP contribution in [0.5, 0.6) is 11.5 Å². The number of hydrogen-bond acceptors (Lipinski definition) is 7. The average molecular weight is 785 g/mol. The van der Waals surface area contributed by atoms with Gasteiger partial charge in [0, 0.05) is 15.4 Å². The molecule has 0 bridgehead atoms. The monoisotopic (exact) mass is 783 g/mol. The highest BCUT2D eigenvalue weighted by molar-refractivity contribution is 9.10. The van der Waals surface area contributed by atoms with E-state index in [1.165, 1.54) is 35.2 Å². The van der Waals surface area contributed by atoms with Crippen LogP contribution in [0, 0.1) is 29.5 Å². The smallest absolute Gasteiger partial charge is 0.260 e. The van der Waals surface area contributed by atoms with Gasteiger partial charge in [-0.3, -0.25) is 29.5 Å². The number of fused-ring (bicyclic) bond motifs is 4. The number of phenols is 1. The van der Waals surface area contributed by atoms with Crippen LogP contribution in [-0.4, -0.2) is 40.4 Å². The van der Waals surface area contributed by atoms with Gasteiger partial charge in [-0.2, -0.15) is 5.01 Å². The predicted octanol–water partition coefficient (Wildman–Crippen LogP) is 7.54. The Morgan fingerprint density at radius 3 is 2.33 bits per heavy atom. The normalized spacial score (nSPS) is 26.5. The van der Waals surface area contributed by atoms with Crippen LogP contribution in [0.15, 0.2) is 107 Å². The molecule has 2 aliphatic heterocycles. The Labute approximate surface area is 312 Å². The zero-order valence-electron chi connectivity index (χ0n) is 27.8. The van der Waals surface area contributed by atoms with Crippen LogP contribution >= 0.6 is 27.5 Å². The lowest BCUT2D eigenvalue weighted by Crippen LogP contribution is -2.53. The number of aromatic hydroxyl groups is 1. The van der Waals surface area contributed by atoms with Crippen LogP contribution in [0.2, 0.25) is 5.02 Å². The molecule has 9 nitrogen and oxygen atoms in total. The summed E-state index contributed by atoms with van der Waals surface area (Å²) in [6.07, 6.45) is 2.31. The largest absolute Gasteiger partial charge is 0.504 e. The Bertz CT molecular complexity index is 2160. The Hall–Kier alpha value is -5.00. The fourth-order valence-electron chi connectivity index (χ4n) is 8.86. The second kappa shape index (κ2) is 12.9. The van der Waals surface area contributed by atoms with E-state index in [4.69, 9.17) is 16.3 Å². The number of phenolic OH excluding ortho intramolecular Hbond substituents is 1. The summed E-state index contributed by atoms with van der Waals surface area (Å²) in [5, 5.41) is 12.2. The molecule has 0 radical (unpaired) electrons. The van der Waals surface area contributed by atoms with Crippen molar-refractivity contribution in [3.8, 4) is 11.5 Å². The van der Waals surface area contributed by atoms with Crippen molar-refractivity contribution in [3.63, 3.8) is 0 Å². The number of anilines is 2. The van der Waals surface area contributed by atoms with Crippen molar-refractivity contribution in [1.82, 2.24) is 5.01 Å². The van der Waals surface area contributed by atoms with Gasteiger partial charge in [0.25, 0.3) is 11.8 Å². The molecule has 52 heavy (non-hydrogen) atoms. The molecule has 3 fully saturated rings. The third kappa shape index (κ3) is 5.16. The number of hydrogen-bond donors (Lipinski definition) is 2. The number of allylic oxidation sites excluding steroid dienone is 2. The van der Waals surface area contributed by atoms with Crippen LogP contribution < -0.4 is 15.1 Å². The van der Waals surface area contributed by atoms with Crippen molar-refractivity contribution >= 4 is 62.5 Å². The van der Waals surface area contributed by atoms with E-state index in [2.05, 4.69) is 21.4 Å². The first-order valence-corrected chi connectivity index (χ1v) is 18.2. The van der Waals surface area contributed by atoms with E-state index in [0.717, 1.165) is 15.1 Å². The first-order chi connectivity index (χ1) is 25.0. The third-order valence-corrected chi connectivity index (χ3v) is 11.7. The zero-order valence-corrected chi connectivity index (χ0v) is 30.1. The highest BCUT2D eigenvalue weighted by Crippen LogP contribution is 2.64. The van der Waals surface area contributed by atoms with Gasteiger partial charge in [-0.25, -0.2) is 4.39 Å². The number of ether oxygens (including phenoxy) is 1. The van der Waals surface area contributed by atoms with Gasteiger partial charge >= 0.3 is 0 Å². The van der Waals surface area contributed by atoms with Crippen LogP contribution in [0.4, 0.5) is 15.8 Å². The van der Waals surface area contributed by atoms with Crippen molar-refractivity contribution in [1.29, 1.82) is 0 Å². The van der Waals surface area contributed by atoms with Crippen LogP contribution in [0.3, 0.4) is 0 Å². The molecule has 6 atom stereocenters. The number of rotatable bonds is 7. The number of benzene rings is 4. The van der Waals surface area contributed by atoms with E-state index in [0.29, 0.717) is 27.5 Å². The van der Waals surface area contributed by atoms with Crippen molar-refractivity contribution in [2.24, 2.45) is 23.7 Å². The molecule has 4 aliphatic rings. The fourth-order valence-corrected chi connectivity index (χ4v) is 9.25. The van der Waals surface area contributed by atoms with E-state index in [1.54, 1.807) is 67.6 Å². The molecule has 4 amide bonds. The molecule has 0 unspecified atom stereocenters. The predicted molar refractivity (Wildman–Crippen MR) is 195 cm³/mol. The first-order valence-electron chi connectivity index (χ1n) is 17.0. The second-order valence-corrected chi connectivity index (χ2v) is 14.9. The van der Waals surface area contributed by atoms with Gasteiger partial charge in [0.05, 0.1) is 41.2 Å². The Morgan fingerprint density at radius 2 is 1.63 bits per heavy atom. The molecule has 2 saturated heterocycles.